The first-order valence-electron chi connectivity index (χ1n) is 6.49. The molecule has 21 heavy (non-hydrogen) atoms. The summed E-state index contributed by atoms with van der Waals surface area (Å²) in [5.41, 5.74) is 4.59. The Labute approximate surface area is 134 Å². The lowest BCUT2D eigenvalue weighted by Crippen LogP contribution is -2.43. The van der Waals surface area contributed by atoms with Gasteiger partial charge in [-0.25, -0.2) is 0 Å². The third-order valence-electron chi connectivity index (χ3n) is 2.95. The van der Waals surface area contributed by atoms with Gasteiger partial charge in [-0.2, -0.15) is 0 Å². The fourth-order valence-electron chi connectivity index (χ4n) is 1.50. The highest BCUT2D eigenvalue weighted by Gasteiger charge is 2.24. The van der Waals surface area contributed by atoms with Gasteiger partial charge >= 0.3 is 0 Å². The number of ether oxygens (including phenoxy) is 1. The van der Waals surface area contributed by atoms with E-state index in [0.29, 0.717) is 22.3 Å². The minimum Gasteiger partial charge on any atom is -0.488 e. The highest BCUT2D eigenvalue weighted by molar-refractivity contribution is 6.37. The Morgan fingerprint density at radius 2 is 2.00 bits per heavy atom. The van der Waals surface area contributed by atoms with Crippen LogP contribution < -0.4 is 15.8 Å². The summed E-state index contributed by atoms with van der Waals surface area (Å²) in [4.78, 5) is 11.1. The molecule has 1 aromatic carbocycles. The number of rotatable bonds is 8. The predicted molar refractivity (Wildman–Crippen MR) is 83.8 cm³/mol. The lowest BCUT2D eigenvalue weighted by molar-refractivity contribution is -0.125. The molecule has 0 heterocycles. The van der Waals surface area contributed by atoms with Crippen molar-refractivity contribution in [2.75, 3.05) is 19.7 Å². The number of hydrogen-bond acceptors (Lipinski definition) is 4. The van der Waals surface area contributed by atoms with E-state index in [9.17, 15) is 9.90 Å². The molecule has 0 aliphatic rings. The van der Waals surface area contributed by atoms with E-state index in [0.717, 1.165) is 0 Å². The van der Waals surface area contributed by atoms with Crippen molar-refractivity contribution < 1.29 is 14.6 Å². The smallest absolute Gasteiger partial charge is 0.224 e. The van der Waals surface area contributed by atoms with E-state index >= 15 is 0 Å². The SMILES string of the molecule is CC(C)(CNCC(O)COc1c(Cl)cccc1Cl)C(N)=O. The van der Waals surface area contributed by atoms with Crippen LogP contribution in [0, 0.1) is 5.41 Å². The quantitative estimate of drug-likeness (QED) is 0.677. The fraction of sp³-hybridized carbons (Fsp3) is 0.500. The number of nitrogens with one attached hydrogen (secondary N) is 1. The summed E-state index contributed by atoms with van der Waals surface area (Å²) >= 11 is 11.9. The van der Waals surface area contributed by atoms with Crippen LogP contribution in [-0.4, -0.2) is 36.8 Å². The lowest BCUT2D eigenvalue weighted by Gasteiger charge is -2.22. The average molecular weight is 335 g/mol. The predicted octanol–water partition coefficient (Wildman–Crippen LogP) is 1.83. The van der Waals surface area contributed by atoms with Crippen LogP contribution in [0.3, 0.4) is 0 Å². The zero-order valence-electron chi connectivity index (χ0n) is 12.0. The molecule has 1 atom stereocenters. The molecule has 0 spiro atoms. The molecular formula is C14H20Cl2N2O3. The van der Waals surface area contributed by atoms with E-state index in [1.807, 2.05) is 0 Å². The third-order valence-corrected chi connectivity index (χ3v) is 3.55. The summed E-state index contributed by atoms with van der Waals surface area (Å²) in [6.45, 7) is 4.13. The molecule has 5 nitrogen and oxygen atoms in total. The van der Waals surface area contributed by atoms with E-state index in [-0.39, 0.29) is 13.2 Å². The molecule has 0 aliphatic carbocycles. The second kappa shape index (κ2) is 7.84. The maximum absolute atomic E-state index is 11.1. The summed E-state index contributed by atoms with van der Waals surface area (Å²) in [7, 11) is 0. The number of benzene rings is 1. The summed E-state index contributed by atoms with van der Waals surface area (Å²) in [5.74, 6) is -0.0547. The summed E-state index contributed by atoms with van der Waals surface area (Å²) < 4.78 is 5.41. The van der Waals surface area contributed by atoms with Gasteiger partial charge in [0.25, 0.3) is 0 Å². The number of hydrogen-bond donors (Lipinski definition) is 3. The maximum Gasteiger partial charge on any atom is 0.224 e. The number of aliphatic hydroxyl groups is 1. The molecule has 1 unspecified atom stereocenters. The summed E-state index contributed by atoms with van der Waals surface area (Å²) in [6.07, 6.45) is -0.763. The van der Waals surface area contributed by atoms with Crippen LogP contribution in [0.5, 0.6) is 5.75 Å². The lowest BCUT2D eigenvalue weighted by atomic mass is 9.93. The molecule has 1 aromatic rings. The van der Waals surface area contributed by atoms with Crippen molar-refractivity contribution in [3.05, 3.63) is 28.2 Å². The normalized spacial score (nSPS) is 13.0. The molecule has 7 heteroatoms. The minimum absolute atomic E-state index is 0.0352. The standard InChI is InChI=1S/C14H20Cl2N2O3/c1-14(2,13(17)20)8-18-6-9(19)7-21-12-10(15)4-3-5-11(12)16/h3-5,9,18-19H,6-8H2,1-2H3,(H2,17,20). The van der Waals surface area contributed by atoms with E-state index in [4.69, 9.17) is 33.7 Å². The zero-order valence-corrected chi connectivity index (χ0v) is 13.5. The molecule has 1 amide bonds. The number of para-hydroxylation sites is 1. The van der Waals surface area contributed by atoms with Gasteiger partial charge in [-0.1, -0.05) is 29.3 Å². The van der Waals surface area contributed by atoms with Gasteiger partial charge in [-0.3, -0.25) is 4.79 Å². The van der Waals surface area contributed by atoms with Crippen LogP contribution in [0.1, 0.15) is 13.8 Å². The number of carbonyl (C=O) groups is 1. The van der Waals surface area contributed by atoms with Crippen LogP contribution in [0.4, 0.5) is 0 Å². The van der Waals surface area contributed by atoms with Crippen molar-refractivity contribution in [1.82, 2.24) is 5.32 Å². The van der Waals surface area contributed by atoms with Crippen molar-refractivity contribution in [2.45, 2.75) is 20.0 Å². The maximum atomic E-state index is 11.1. The first kappa shape index (κ1) is 18.0. The first-order valence-corrected chi connectivity index (χ1v) is 7.25. The van der Waals surface area contributed by atoms with Crippen LogP contribution in [0.2, 0.25) is 10.0 Å². The first-order chi connectivity index (χ1) is 9.74. The Morgan fingerprint density at radius 1 is 1.43 bits per heavy atom. The van der Waals surface area contributed by atoms with Crippen molar-refractivity contribution in [1.29, 1.82) is 0 Å². The largest absolute Gasteiger partial charge is 0.488 e. The third kappa shape index (κ3) is 5.71. The molecule has 0 fully saturated rings. The van der Waals surface area contributed by atoms with Gasteiger partial charge in [0.1, 0.15) is 12.7 Å². The van der Waals surface area contributed by atoms with Crippen molar-refractivity contribution in [3.63, 3.8) is 0 Å². The van der Waals surface area contributed by atoms with Crippen molar-refractivity contribution in [2.24, 2.45) is 11.1 Å². The molecule has 1 rings (SSSR count). The highest BCUT2D eigenvalue weighted by Crippen LogP contribution is 2.32. The van der Waals surface area contributed by atoms with E-state index in [1.54, 1.807) is 32.0 Å². The number of primary amides is 1. The van der Waals surface area contributed by atoms with Crippen molar-refractivity contribution in [3.8, 4) is 5.75 Å². The van der Waals surface area contributed by atoms with Crippen LogP contribution in [-0.2, 0) is 4.79 Å². The van der Waals surface area contributed by atoms with Gasteiger partial charge < -0.3 is 20.9 Å². The molecule has 0 aliphatic heterocycles. The fourth-order valence-corrected chi connectivity index (χ4v) is 2.00. The number of aliphatic hydroxyl groups excluding tert-OH is 1. The molecule has 0 bridgehead atoms. The molecule has 0 saturated carbocycles. The average Bonchev–Trinajstić information content (AvgIpc) is 2.37. The van der Waals surface area contributed by atoms with Crippen LogP contribution in [0.15, 0.2) is 18.2 Å². The second-order valence-electron chi connectivity index (χ2n) is 5.39. The molecule has 4 N–H and O–H groups in total. The van der Waals surface area contributed by atoms with Gasteiger partial charge in [0.05, 0.1) is 15.5 Å². The number of amides is 1. The molecular weight excluding hydrogens is 315 g/mol. The minimum atomic E-state index is -0.763. The second-order valence-corrected chi connectivity index (χ2v) is 6.21. The van der Waals surface area contributed by atoms with Crippen LogP contribution in [0.25, 0.3) is 0 Å². The van der Waals surface area contributed by atoms with Gasteiger partial charge in [0.2, 0.25) is 5.91 Å². The zero-order chi connectivity index (χ0) is 16.0. The molecule has 118 valence electrons. The van der Waals surface area contributed by atoms with Gasteiger partial charge in [0.15, 0.2) is 5.75 Å². The monoisotopic (exact) mass is 334 g/mol. The Morgan fingerprint density at radius 3 is 2.52 bits per heavy atom. The molecule has 0 saturated heterocycles. The summed E-state index contributed by atoms with van der Waals surface area (Å²) in [6, 6.07) is 5.02. The highest BCUT2D eigenvalue weighted by atomic mass is 35.5. The van der Waals surface area contributed by atoms with E-state index in [1.165, 1.54) is 0 Å². The summed E-state index contributed by atoms with van der Waals surface area (Å²) in [5, 5.41) is 13.6. The Bertz CT molecular complexity index is 475. The van der Waals surface area contributed by atoms with Gasteiger partial charge in [0, 0.05) is 13.1 Å². The Balaban J connectivity index is 2.38. The van der Waals surface area contributed by atoms with Crippen LogP contribution >= 0.6 is 23.2 Å². The number of carbonyl (C=O) groups excluding carboxylic acids is 1. The van der Waals surface area contributed by atoms with E-state index < -0.39 is 17.4 Å². The van der Waals surface area contributed by atoms with Crippen molar-refractivity contribution >= 4 is 29.1 Å². The molecule has 0 radical (unpaired) electrons. The van der Waals surface area contributed by atoms with Gasteiger partial charge in [-0.15, -0.1) is 0 Å². The van der Waals surface area contributed by atoms with E-state index in [2.05, 4.69) is 5.32 Å². The molecule has 0 aromatic heterocycles. The topological polar surface area (TPSA) is 84.6 Å². The Hall–Kier alpha value is -1.01. The Kier molecular flexibility index (Phi) is 6.74. The van der Waals surface area contributed by atoms with Gasteiger partial charge in [-0.05, 0) is 26.0 Å². The number of nitrogens with two attached hydrogens (primary N) is 1. The number of halogens is 2.